The topological polar surface area (TPSA) is 63.1 Å². The molecule has 1 fully saturated rings. The van der Waals surface area contributed by atoms with E-state index in [4.69, 9.17) is 4.74 Å². The van der Waals surface area contributed by atoms with Gasteiger partial charge in [0.25, 0.3) is 5.56 Å². The number of anilines is 1. The molecule has 3 aromatic heterocycles. The molecule has 1 aromatic carbocycles. The van der Waals surface area contributed by atoms with Gasteiger partial charge in [0.15, 0.2) is 0 Å². The lowest BCUT2D eigenvalue weighted by molar-refractivity contribution is 0.122. The fourth-order valence-electron chi connectivity index (χ4n) is 4.13. The van der Waals surface area contributed by atoms with Crippen LogP contribution in [-0.2, 0) is 4.74 Å². The van der Waals surface area contributed by atoms with E-state index in [9.17, 15) is 4.79 Å². The molecule has 6 nitrogen and oxygen atoms in total. The van der Waals surface area contributed by atoms with Gasteiger partial charge >= 0.3 is 0 Å². The van der Waals surface area contributed by atoms with Crippen LogP contribution >= 0.6 is 15.9 Å². The average Bonchev–Trinajstić information content (AvgIpc) is 3.22. The van der Waals surface area contributed by atoms with Gasteiger partial charge in [-0.2, -0.15) is 0 Å². The summed E-state index contributed by atoms with van der Waals surface area (Å²) in [6.45, 7) is 5.21. The van der Waals surface area contributed by atoms with E-state index in [2.05, 4.69) is 36.9 Å². The summed E-state index contributed by atoms with van der Waals surface area (Å²) in [5.41, 5.74) is 4.81. The van der Waals surface area contributed by atoms with Crippen molar-refractivity contribution in [1.29, 1.82) is 0 Å². The van der Waals surface area contributed by atoms with Crippen molar-refractivity contribution in [3.63, 3.8) is 0 Å². The number of pyridine rings is 2. The summed E-state index contributed by atoms with van der Waals surface area (Å²) < 4.78 is 8.23. The monoisotopic (exact) mass is 478 g/mol. The number of H-pyrrole nitrogens is 1. The third-order valence-corrected chi connectivity index (χ3v) is 6.39. The fraction of sp³-hybridized carbons (Fsp3) is 0.250. The van der Waals surface area contributed by atoms with Crippen LogP contribution in [0.15, 0.2) is 70.3 Å². The standard InChI is InChI=1S/C24H23BrN4O2/c1-16(17-3-2-4-19(25)11-17)29-6-5-18(12-23(29)30)22-15-27-24-21(22)13-20(14-26-24)28-7-9-31-10-8-28/h2-6,11-16H,7-10H2,1H3,(H,26,27). The first-order valence-corrected chi connectivity index (χ1v) is 11.2. The van der Waals surface area contributed by atoms with Gasteiger partial charge in [-0.25, -0.2) is 4.98 Å². The minimum Gasteiger partial charge on any atom is -0.378 e. The maximum Gasteiger partial charge on any atom is 0.251 e. The Hall–Kier alpha value is -2.90. The summed E-state index contributed by atoms with van der Waals surface area (Å²) >= 11 is 3.51. The van der Waals surface area contributed by atoms with Gasteiger partial charge in [-0.15, -0.1) is 0 Å². The molecule has 1 atom stereocenters. The lowest BCUT2D eigenvalue weighted by Crippen LogP contribution is -2.36. The van der Waals surface area contributed by atoms with E-state index in [1.54, 1.807) is 10.6 Å². The third-order valence-electron chi connectivity index (χ3n) is 5.90. The van der Waals surface area contributed by atoms with Crippen molar-refractivity contribution in [2.24, 2.45) is 0 Å². The van der Waals surface area contributed by atoms with Gasteiger partial charge in [-0.1, -0.05) is 28.1 Å². The quantitative estimate of drug-likeness (QED) is 0.465. The van der Waals surface area contributed by atoms with E-state index in [1.807, 2.05) is 55.8 Å². The van der Waals surface area contributed by atoms with Gasteiger partial charge in [0.05, 0.1) is 31.1 Å². The Kier molecular flexibility index (Phi) is 5.38. The molecule has 0 bridgehead atoms. The van der Waals surface area contributed by atoms with Gasteiger partial charge in [-0.3, -0.25) is 4.79 Å². The van der Waals surface area contributed by atoms with Crippen molar-refractivity contribution in [2.75, 3.05) is 31.2 Å². The molecule has 0 saturated carbocycles. The molecule has 7 heteroatoms. The van der Waals surface area contributed by atoms with Gasteiger partial charge in [0, 0.05) is 47.0 Å². The van der Waals surface area contributed by atoms with Crippen molar-refractivity contribution in [1.82, 2.24) is 14.5 Å². The molecule has 31 heavy (non-hydrogen) atoms. The summed E-state index contributed by atoms with van der Waals surface area (Å²) in [6.07, 6.45) is 5.70. The Bertz CT molecular complexity index is 1290. The number of fused-ring (bicyclic) bond motifs is 1. The summed E-state index contributed by atoms with van der Waals surface area (Å²) in [7, 11) is 0. The molecule has 0 spiro atoms. The molecule has 0 aliphatic carbocycles. The zero-order valence-corrected chi connectivity index (χ0v) is 18.8. The summed E-state index contributed by atoms with van der Waals surface area (Å²) in [5, 5.41) is 1.01. The van der Waals surface area contributed by atoms with Crippen molar-refractivity contribution < 1.29 is 4.74 Å². The third kappa shape index (κ3) is 3.91. The maximum atomic E-state index is 13.0. The molecule has 0 radical (unpaired) electrons. The number of aromatic amines is 1. The van der Waals surface area contributed by atoms with Crippen LogP contribution in [-0.4, -0.2) is 40.8 Å². The molecule has 0 amide bonds. The van der Waals surface area contributed by atoms with Crippen LogP contribution in [0, 0.1) is 0 Å². The first-order chi connectivity index (χ1) is 15.1. The lowest BCUT2D eigenvalue weighted by Gasteiger charge is -2.28. The highest BCUT2D eigenvalue weighted by Gasteiger charge is 2.16. The number of nitrogens with zero attached hydrogens (tertiary/aromatic N) is 3. The Balaban J connectivity index is 1.50. The van der Waals surface area contributed by atoms with Crippen LogP contribution in [0.5, 0.6) is 0 Å². The summed E-state index contributed by atoms with van der Waals surface area (Å²) in [5.74, 6) is 0. The summed E-state index contributed by atoms with van der Waals surface area (Å²) in [6, 6.07) is 13.8. The van der Waals surface area contributed by atoms with Gasteiger partial charge < -0.3 is 19.2 Å². The van der Waals surface area contributed by atoms with E-state index in [0.717, 1.165) is 64.2 Å². The van der Waals surface area contributed by atoms with Crippen LogP contribution in [0.1, 0.15) is 18.5 Å². The first kappa shape index (κ1) is 20.0. The largest absolute Gasteiger partial charge is 0.378 e. The number of benzene rings is 1. The molecule has 1 aliphatic heterocycles. The number of rotatable bonds is 4. The van der Waals surface area contributed by atoms with Crippen molar-refractivity contribution in [3.05, 3.63) is 81.4 Å². The highest BCUT2D eigenvalue weighted by atomic mass is 79.9. The Morgan fingerprint density at radius 1 is 1.16 bits per heavy atom. The normalized spacial score (nSPS) is 15.4. The smallest absolute Gasteiger partial charge is 0.251 e. The van der Waals surface area contributed by atoms with Crippen LogP contribution in [0.2, 0.25) is 0 Å². The van der Waals surface area contributed by atoms with Crippen LogP contribution < -0.4 is 10.5 Å². The number of morpholine rings is 1. The number of nitrogens with one attached hydrogen (secondary N) is 1. The second-order valence-corrected chi connectivity index (χ2v) is 8.70. The Morgan fingerprint density at radius 2 is 2.00 bits per heavy atom. The lowest BCUT2D eigenvalue weighted by atomic mass is 10.1. The molecular weight excluding hydrogens is 456 g/mol. The predicted octanol–water partition coefficient (Wildman–Crippen LogP) is 4.60. The molecule has 1 saturated heterocycles. The number of halogens is 1. The molecule has 1 N–H and O–H groups in total. The van der Waals surface area contributed by atoms with E-state index >= 15 is 0 Å². The second kappa shape index (κ2) is 8.32. The Labute approximate surface area is 188 Å². The second-order valence-electron chi connectivity index (χ2n) is 7.78. The number of hydrogen-bond acceptors (Lipinski definition) is 4. The molecule has 4 aromatic rings. The van der Waals surface area contributed by atoms with Crippen LogP contribution in [0.4, 0.5) is 5.69 Å². The number of ether oxygens (including phenoxy) is 1. The number of aromatic nitrogens is 3. The molecule has 4 heterocycles. The fourth-order valence-corrected chi connectivity index (χ4v) is 4.55. The van der Waals surface area contributed by atoms with E-state index in [0.29, 0.717) is 0 Å². The van der Waals surface area contributed by atoms with Gasteiger partial charge in [0.1, 0.15) is 5.65 Å². The van der Waals surface area contributed by atoms with Gasteiger partial charge in [0.2, 0.25) is 0 Å². The van der Waals surface area contributed by atoms with E-state index < -0.39 is 0 Å². The minimum atomic E-state index is -0.0587. The van der Waals surface area contributed by atoms with Crippen LogP contribution in [0.3, 0.4) is 0 Å². The highest BCUT2D eigenvalue weighted by molar-refractivity contribution is 9.10. The van der Waals surface area contributed by atoms with E-state index in [1.165, 1.54) is 0 Å². The van der Waals surface area contributed by atoms with E-state index in [-0.39, 0.29) is 11.6 Å². The average molecular weight is 479 g/mol. The maximum absolute atomic E-state index is 13.0. The molecular formula is C24H23BrN4O2. The molecule has 5 rings (SSSR count). The van der Waals surface area contributed by atoms with Crippen molar-refractivity contribution >= 4 is 32.7 Å². The van der Waals surface area contributed by atoms with Crippen molar-refractivity contribution in [3.8, 4) is 11.1 Å². The first-order valence-electron chi connectivity index (χ1n) is 10.4. The van der Waals surface area contributed by atoms with Crippen LogP contribution in [0.25, 0.3) is 22.2 Å². The number of hydrogen-bond donors (Lipinski definition) is 1. The SMILES string of the molecule is CC(c1cccc(Br)c1)n1ccc(-c2c[nH]c3ncc(N4CCOCC4)cc23)cc1=O. The minimum absolute atomic E-state index is 0.0309. The predicted molar refractivity (Wildman–Crippen MR) is 127 cm³/mol. The Morgan fingerprint density at radius 3 is 2.77 bits per heavy atom. The zero-order chi connectivity index (χ0) is 21.4. The summed E-state index contributed by atoms with van der Waals surface area (Å²) in [4.78, 5) is 23.1. The zero-order valence-electron chi connectivity index (χ0n) is 17.2. The van der Waals surface area contributed by atoms with Gasteiger partial charge in [-0.05, 0) is 42.3 Å². The molecule has 1 unspecified atom stereocenters. The highest BCUT2D eigenvalue weighted by Crippen LogP contribution is 2.30. The molecule has 158 valence electrons. The van der Waals surface area contributed by atoms with Crippen molar-refractivity contribution in [2.45, 2.75) is 13.0 Å². The molecule has 1 aliphatic rings.